The van der Waals surface area contributed by atoms with E-state index in [0.29, 0.717) is 5.69 Å². The van der Waals surface area contributed by atoms with Gasteiger partial charge < -0.3 is 15.2 Å². The fourth-order valence-corrected chi connectivity index (χ4v) is 2.21. The van der Waals surface area contributed by atoms with Gasteiger partial charge in [-0.3, -0.25) is 4.79 Å². The van der Waals surface area contributed by atoms with Crippen molar-refractivity contribution < 1.29 is 14.6 Å². The fraction of sp³-hybridized carbons (Fsp3) is 0.250. The van der Waals surface area contributed by atoms with E-state index < -0.39 is 0 Å². The van der Waals surface area contributed by atoms with Gasteiger partial charge in [-0.25, -0.2) is 0 Å². The van der Waals surface area contributed by atoms with E-state index in [-0.39, 0.29) is 18.6 Å². The van der Waals surface area contributed by atoms with Crippen molar-refractivity contribution in [2.24, 2.45) is 0 Å². The predicted octanol–water partition coefficient (Wildman–Crippen LogP) is 3.93. The number of rotatable bonds is 6. The number of anilines is 1. The summed E-state index contributed by atoms with van der Waals surface area (Å²) in [5.41, 5.74) is 3.30. The molecule has 0 saturated heterocycles. The molecule has 0 fully saturated rings. The van der Waals surface area contributed by atoms with Crippen molar-refractivity contribution in [1.29, 1.82) is 0 Å². The monoisotopic (exact) mass is 325 g/mol. The number of aliphatic hydroxyl groups excluding tert-OH is 1. The van der Waals surface area contributed by atoms with Crippen molar-refractivity contribution in [2.45, 2.75) is 33.5 Å². The first-order valence-corrected chi connectivity index (χ1v) is 7.94. The number of nitrogens with one attached hydrogen (secondary N) is 1. The quantitative estimate of drug-likeness (QED) is 0.791. The molecule has 0 atom stereocenters. The molecule has 4 nitrogen and oxygen atoms in total. The van der Waals surface area contributed by atoms with Gasteiger partial charge in [-0.15, -0.1) is 0 Å². The van der Waals surface area contributed by atoms with Gasteiger partial charge in [-0.2, -0.15) is 0 Å². The Morgan fingerprint density at radius 1 is 1.25 bits per heavy atom. The summed E-state index contributed by atoms with van der Waals surface area (Å²) in [6.45, 7) is 5.80. The van der Waals surface area contributed by atoms with E-state index in [1.807, 2.05) is 57.2 Å². The number of aliphatic hydroxyl groups is 1. The van der Waals surface area contributed by atoms with Crippen LogP contribution in [0.15, 0.2) is 48.5 Å². The van der Waals surface area contributed by atoms with Gasteiger partial charge in [0.05, 0.1) is 12.7 Å². The molecule has 0 spiro atoms. The molecule has 4 heteroatoms. The summed E-state index contributed by atoms with van der Waals surface area (Å²) in [6.07, 6.45) is 3.34. The molecule has 0 aliphatic carbocycles. The van der Waals surface area contributed by atoms with Crippen LogP contribution in [0.4, 0.5) is 5.69 Å². The van der Waals surface area contributed by atoms with Crippen LogP contribution in [0.1, 0.15) is 30.5 Å². The molecule has 24 heavy (non-hydrogen) atoms. The number of hydrogen-bond acceptors (Lipinski definition) is 3. The molecule has 0 aliphatic rings. The maximum absolute atomic E-state index is 12.1. The lowest BCUT2D eigenvalue weighted by Crippen LogP contribution is -2.09. The molecule has 0 aliphatic heterocycles. The molecular weight excluding hydrogens is 302 g/mol. The Labute approximate surface area is 142 Å². The number of aryl methyl sites for hydroxylation is 1. The molecule has 2 aromatic rings. The lowest BCUT2D eigenvalue weighted by molar-refractivity contribution is -0.111. The molecule has 0 aromatic heterocycles. The highest BCUT2D eigenvalue weighted by Crippen LogP contribution is 2.18. The van der Waals surface area contributed by atoms with Crippen molar-refractivity contribution in [3.05, 3.63) is 65.2 Å². The number of ether oxygens (including phenoxy) is 1. The van der Waals surface area contributed by atoms with Gasteiger partial charge in [0, 0.05) is 11.8 Å². The van der Waals surface area contributed by atoms with Crippen LogP contribution in [0.3, 0.4) is 0 Å². The predicted molar refractivity (Wildman–Crippen MR) is 97.0 cm³/mol. The van der Waals surface area contributed by atoms with Crippen LogP contribution in [0.2, 0.25) is 0 Å². The molecule has 0 unspecified atom stereocenters. The number of carbonyl (C=O) groups excluding carboxylic acids is 1. The average Bonchev–Trinajstić information content (AvgIpc) is 2.55. The van der Waals surface area contributed by atoms with Gasteiger partial charge in [0.25, 0.3) is 0 Å². The van der Waals surface area contributed by atoms with Crippen molar-refractivity contribution in [1.82, 2.24) is 0 Å². The second kappa shape index (κ2) is 8.31. The number of amides is 1. The SMILES string of the molecule is Cc1ccc(CO)cc1NC(=O)/C=C/c1cccc(OC(C)C)c1. The Hall–Kier alpha value is -2.59. The third kappa shape index (κ3) is 5.25. The first kappa shape index (κ1) is 17.8. The van der Waals surface area contributed by atoms with E-state index >= 15 is 0 Å². The van der Waals surface area contributed by atoms with E-state index in [1.165, 1.54) is 6.08 Å². The van der Waals surface area contributed by atoms with Gasteiger partial charge in [0.1, 0.15) is 5.75 Å². The summed E-state index contributed by atoms with van der Waals surface area (Å²) in [5.74, 6) is 0.558. The van der Waals surface area contributed by atoms with Crippen LogP contribution in [0.25, 0.3) is 6.08 Å². The standard InChI is InChI=1S/C20H23NO3/c1-14(2)24-18-6-4-5-16(11-18)9-10-20(23)21-19-12-17(13-22)8-7-15(19)3/h4-12,14,22H,13H2,1-3H3,(H,21,23)/b10-9+. The third-order valence-electron chi connectivity index (χ3n) is 3.40. The van der Waals surface area contributed by atoms with Crippen molar-refractivity contribution >= 4 is 17.7 Å². The number of carbonyl (C=O) groups is 1. The zero-order valence-electron chi connectivity index (χ0n) is 14.2. The van der Waals surface area contributed by atoms with Crippen molar-refractivity contribution in [2.75, 3.05) is 5.32 Å². The summed E-state index contributed by atoms with van der Waals surface area (Å²) in [4.78, 5) is 12.1. The smallest absolute Gasteiger partial charge is 0.248 e. The second-order valence-electron chi connectivity index (χ2n) is 5.87. The highest BCUT2D eigenvalue weighted by molar-refractivity contribution is 6.02. The maximum Gasteiger partial charge on any atom is 0.248 e. The molecule has 2 N–H and O–H groups in total. The number of benzene rings is 2. The second-order valence-corrected chi connectivity index (χ2v) is 5.87. The van der Waals surface area contributed by atoms with Crippen LogP contribution in [-0.4, -0.2) is 17.1 Å². The van der Waals surface area contributed by atoms with Crippen LogP contribution < -0.4 is 10.1 Å². The average molecular weight is 325 g/mol. The highest BCUT2D eigenvalue weighted by atomic mass is 16.5. The van der Waals surface area contributed by atoms with Crippen LogP contribution in [0.5, 0.6) is 5.75 Å². The first-order valence-electron chi connectivity index (χ1n) is 7.94. The lowest BCUT2D eigenvalue weighted by Gasteiger charge is -2.10. The largest absolute Gasteiger partial charge is 0.491 e. The lowest BCUT2D eigenvalue weighted by atomic mass is 10.1. The summed E-state index contributed by atoms with van der Waals surface area (Å²) in [5, 5.41) is 12.0. The Bertz CT molecular complexity index is 735. The Kier molecular flexibility index (Phi) is 6.15. The minimum atomic E-state index is -0.219. The van der Waals surface area contributed by atoms with E-state index in [1.54, 1.807) is 12.1 Å². The van der Waals surface area contributed by atoms with Gasteiger partial charge >= 0.3 is 0 Å². The summed E-state index contributed by atoms with van der Waals surface area (Å²) >= 11 is 0. The van der Waals surface area contributed by atoms with Crippen molar-refractivity contribution in [3.63, 3.8) is 0 Å². The molecular formula is C20H23NO3. The van der Waals surface area contributed by atoms with Crippen LogP contribution in [0, 0.1) is 6.92 Å². The minimum absolute atomic E-state index is 0.0539. The normalized spacial score (nSPS) is 11.0. The van der Waals surface area contributed by atoms with E-state index in [9.17, 15) is 9.90 Å². The van der Waals surface area contributed by atoms with E-state index in [0.717, 1.165) is 22.4 Å². The van der Waals surface area contributed by atoms with Gasteiger partial charge in [-0.05, 0) is 61.7 Å². The van der Waals surface area contributed by atoms with Crippen molar-refractivity contribution in [3.8, 4) is 5.75 Å². The summed E-state index contributed by atoms with van der Waals surface area (Å²) in [6, 6.07) is 13.1. The fourth-order valence-electron chi connectivity index (χ4n) is 2.21. The molecule has 0 heterocycles. The Balaban J connectivity index is 2.05. The number of hydrogen-bond donors (Lipinski definition) is 2. The molecule has 0 bridgehead atoms. The molecule has 126 valence electrons. The third-order valence-corrected chi connectivity index (χ3v) is 3.40. The van der Waals surface area contributed by atoms with Gasteiger partial charge in [0.2, 0.25) is 5.91 Å². The maximum atomic E-state index is 12.1. The first-order chi connectivity index (χ1) is 11.5. The van der Waals surface area contributed by atoms with Gasteiger partial charge in [0.15, 0.2) is 0 Å². The molecule has 1 amide bonds. The van der Waals surface area contributed by atoms with Crippen LogP contribution >= 0.6 is 0 Å². The summed E-state index contributed by atoms with van der Waals surface area (Å²) < 4.78 is 5.64. The molecule has 0 saturated carbocycles. The Morgan fingerprint density at radius 2 is 2.04 bits per heavy atom. The molecule has 2 rings (SSSR count). The molecule has 0 radical (unpaired) electrons. The highest BCUT2D eigenvalue weighted by Gasteiger charge is 2.03. The topological polar surface area (TPSA) is 58.6 Å². The summed E-state index contributed by atoms with van der Waals surface area (Å²) in [7, 11) is 0. The van der Waals surface area contributed by atoms with E-state index in [2.05, 4.69) is 5.32 Å². The van der Waals surface area contributed by atoms with E-state index in [4.69, 9.17) is 4.74 Å². The minimum Gasteiger partial charge on any atom is -0.491 e. The van der Waals surface area contributed by atoms with Gasteiger partial charge in [-0.1, -0.05) is 24.3 Å². The van der Waals surface area contributed by atoms with Crippen LogP contribution in [-0.2, 0) is 11.4 Å². The molecule has 2 aromatic carbocycles. The Morgan fingerprint density at radius 3 is 2.75 bits per heavy atom. The zero-order chi connectivity index (χ0) is 17.5. The zero-order valence-corrected chi connectivity index (χ0v) is 14.2.